The van der Waals surface area contributed by atoms with Crippen molar-refractivity contribution in [3.63, 3.8) is 0 Å². The van der Waals surface area contributed by atoms with Gasteiger partial charge in [-0.2, -0.15) is 5.26 Å². The van der Waals surface area contributed by atoms with Crippen LogP contribution in [0.1, 0.15) is 11.1 Å². The Balaban J connectivity index is 2.99. The fourth-order valence-corrected chi connectivity index (χ4v) is 1.74. The van der Waals surface area contributed by atoms with Crippen molar-refractivity contribution in [3.8, 4) is 6.07 Å². The van der Waals surface area contributed by atoms with Crippen molar-refractivity contribution in [3.05, 3.63) is 49.8 Å². The third kappa shape index (κ3) is 1.54. The van der Waals surface area contributed by atoms with Gasteiger partial charge in [-0.3, -0.25) is 14.9 Å². The predicted octanol–water partition coefficient (Wildman–Crippen LogP) is 1.62. The first-order valence-electron chi connectivity index (χ1n) is 4.75. The zero-order valence-corrected chi connectivity index (χ0v) is 8.85. The number of nitriles is 1. The fourth-order valence-electron chi connectivity index (χ4n) is 1.74. The molecule has 2 rings (SSSR count). The molecule has 84 valence electrons. The number of pyridine rings is 1. The van der Waals surface area contributed by atoms with Crippen LogP contribution in [0.3, 0.4) is 0 Å². The number of aromatic amines is 1. The molecule has 6 nitrogen and oxygen atoms in total. The van der Waals surface area contributed by atoms with Crippen molar-refractivity contribution in [2.24, 2.45) is 0 Å². The molecule has 0 bridgehead atoms. The van der Waals surface area contributed by atoms with Crippen molar-refractivity contribution in [2.75, 3.05) is 0 Å². The summed E-state index contributed by atoms with van der Waals surface area (Å²) in [5, 5.41) is 19.7. The molecule has 0 saturated carbocycles. The minimum absolute atomic E-state index is 0.0545. The van der Waals surface area contributed by atoms with E-state index in [9.17, 15) is 14.9 Å². The maximum atomic E-state index is 11.9. The number of H-pyrrole nitrogens is 1. The molecule has 0 radical (unpaired) electrons. The van der Waals surface area contributed by atoms with E-state index >= 15 is 0 Å². The zero-order valence-electron chi connectivity index (χ0n) is 8.85. The Bertz CT molecular complexity index is 725. The van der Waals surface area contributed by atoms with E-state index in [1.807, 2.05) is 0 Å². The molecule has 1 aromatic carbocycles. The molecule has 6 heteroatoms. The lowest BCUT2D eigenvalue weighted by Gasteiger charge is -2.02. The van der Waals surface area contributed by atoms with E-state index in [1.165, 1.54) is 25.3 Å². The average Bonchev–Trinajstić information content (AvgIpc) is 2.29. The second-order valence-corrected chi connectivity index (χ2v) is 3.53. The summed E-state index contributed by atoms with van der Waals surface area (Å²) in [6.07, 6.45) is 1.30. The van der Waals surface area contributed by atoms with Gasteiger partial charge in [-0.15, -0.1) is 0 Å². The van der Waals surface area contributed by atoms with E-state index in [2.05, 4.69) is 4.98 Å². The minimum atomic E-state index is -0.548. The van der Waals surface area contributed by atoms with E-state index < -0.39 is 10.4 Å². The smallest absolute Gasteiger partial charge is 0.273 e. The predicted molar refractivity (Wildman–Crippen MR) is 60.7 cm³/mol. The summed E-state index contributed by atoms with van der Waals surface area (Å²) in [5.74, 6) is 0. The van der Waals surface area contributed by atoms with Crippen molar-refractivity contribution >= 4 is 16.6 Å². The summed E-state index contributed by atoms with van der Waals surface area (Å²) in [4.78, 5) is 24.9. The number of nitro benzene ring substituents is 1. The molecular formula is C11H7N3O3. The van der Waals surface area contributed by atoms with Gasteiger partial charge in [0.1, 0.15) is 11.6 Å². The van der Waals surface area contributed by atoms with Crippen LogP contribution in [-0.2, 0) is 0 Å². The monoisotopic (exact) mass is 229 g/mol. The normalized spacial score (nSPS) is 10.1. The molecule has 0 amide bonds. The van der Waals surface area contributed by atoms with E-state index in [4.69, 9.17) is 5.26 Å². The Kier molecular flexibility index (Phi) is 2.37. The largest absolute Gasteiger partial charge is 0.360 e. The lowest BCUT2D eigenvalue weighted by atomic mass is 10.1. The van der Waals surface area contributed by atoms with Crippen LogP contribution in [0, 0.1) is 28.4 Å². The molecule has 0 aliphatic rings. The highest BCUT2D eigenvalue weighted by Crippen LogP contribution is 2.23. The van der Waals surface area contributed by atoms with Crippen LogP contribution < -0.4 is 5.43 Å². The molecule has 1 heterocycles. The van der Waals surface area contributed by atoms with Gasteiger partial charge in [0.05, 0.1) is 15.8 Å². The number of nitrogens with zero attached hydrogens (tertiary/aromatic N) is 2. The summed E-state index contributed by atoms with van der Waals surface area (Å²) in [5.41, 5.74) is 0.0876. The first-order chi connectivity index (χ1) is 8.06. The highest BCUT2D eigenvalue weighted by atomic mass is 16.6. The molecule has 0 aliphatic carbocycles. The molecule has 1 aromatic heterocycles. The topological polar surface area (TPSA) is 99.8 Å². The minimum Gasteiger partial charge on any atom is -0.360 e. The third-order valence-electron chi connectivity index (χ3n) is 2.60. The van der Waals surface area contributed by atoms with Crippen LogP contribution >= 0.6 is 0 Å². The number of nitro groups is 1. The van der Waals surface area contributed by atoms with Gasteiger partial charge >= 0.3 is 0 Å². The number of hydrogen-bond acceptors (Lipinski definition) is 4. The average molecular weight is 229 g/mol. The van der Waals surface area contributed by atoms with E-state index in [0.29, 0.717) is 5.52 Å². The second kappa shape index (κ2) is 3.72. The number of rotatable bonds is 1. The quantitative estimate of drug-likeness (QED) is 0.593. The summed E-state index contributed by atoms with van der Waals surface area (Å²) >= 11 is 0. The van der Waals surface area contributed by atoms with Gasteiger partial charge in [0.25, 0.3) is 5.69 Å². The van der Waals surface area contributed by atoms with Gasteiger partial charge in [0.15, 0.2) is 0 Å². The fraction of sp³-hybridized carbons (Fsp3) is 0.0909. The van der Waals surface area contributed by atoms with Gasteiger partial charge in [0, 0.05) is 17.8 Å². The Morgan fingerprint density at radius 2 is 2.18 bits per heavy atom. The van der Waals surface area contributed by atoms with Gasteiger partial charge in [0.2, 0.25) is 5.43 Å². The molecule has 0 fully saturated rings. The van der Waals surface area contributed by atoms with Crippen LogP contribution in [0.15, 0.2) is 23.1 Å². The van der Waals surface area contributed by atoms with Crippen molar-refractivity contribution in [1.29, 1.82) is 5.26 Å². The van der Waals surface area contributed by atoms with Gasteiger partial charge < -0.3 is 4.98 Å². The molecule has 2 aromatic rings. The van der Waals surface area contributed by atoms with E-state index in [-0.39, 0.29) is 22.2 Å². The Labute approximate surface area is 95.3 Å². The summed E-state index contributed by atoms with van der Waals surface area (Å²) in [7, 11) is 0. The van der Waals surface area contributed by atoms with Crippen LogP contribution in [0.4, 0.5) is 5.69 Å². The lowest BCUT2D eigenvalue weighted by molar-refractivity contribution is -0.385. The molecule has 17 heavy (non-hydrogen) atoms. The summed E-state index contributed by atoms with van der Waals surface area (Å²) in [6.45, 7) is 1.50. The van der Waals surface area contributed by atoms with Crippen LogP contribution in [-0.4, -0.2) is 9.91 Å². The number of hydrogen-bond donors (Lipinski definition) is 1. The molecular weight excluding hydrogens is 222 g/mol. The number of benzene rings is 1. The van der Waals surface area contributed by atoms with Crippen LogP contribution in [0.2, 0.25) is 0 Å². The SMILES string of the molecule is Cc1c([N+](=O)[O-])ccc2[nH]cc(C#N)c(=O)c12. The Morgan fingerprint density at radius 1 is 1.47 bits per heavy atom. The van der Waals surface area contributed by atoms with Crippen molar-refractivity contribution in [1.82, 2.24) is 4.98 Å². The van der Waals surface area contributed by atoms with Gasteiger partial charge in [-0.05, 0) is 13.0 Å². The van der Waals surface area contributed by atoms with Crippen LogP contribution in [0.5, 0.6) is 0 Å². The molecule has 0 aliphatic heterocycles. The number of nitrogens with one attached hydrogen (secondary N) is 1. The van der Waals surface area contributed by atoms with Gasteiger partial charge in [-0.25, -0.2) is 0 Å². The Hall–Kier alpha value is -2.68. The molecule has 0 saturated heterocycles. The lowest BCUT2D eigenvalue weighted by Crippen LogP contribution is -2.09. The highest BCUT2D eigenvalue weighted by molar-refractivity contribution is 5.86. The Morgan fingerprint density at radius 3 is 2.76 bits per heavy atom. The third-order valence-corrected chi connectivity index (χ3v) is 2.60. The summed E-state index contributed by atoms with van der Waals surface area (Å²) in [6, 6.07) is 4.54. The molecule has 1 N–H and O–H groups in total. The summed E-state index contributed by atoms with van der Waals surface area (Å²) < 4.78 is 0. The maximum absolute atomic E-state index is 11.9. The maximum Gasteiger partial charge on any atom is 0.273 e. The highest BCUT2D eigenvalue weighted by Gasteiger charge is 2.16. The number of fused-ring (bicyclic) bond motifs is 1. The standard InChI is InChI=1S/C11H7N3O3/c1-6-9(14(16)17)3-2-8-10(6)11(15)7(4-12)5-13-8/h2-3,5H,1H3,(H,13,15). The number of aromatic nitrogens is 1. The van der Waals surface area contributed by atoms with E-state index in [0.717, 1.165) is 0 Å². The second-order valence-electron chi connectivity index (χ2n) is 3.53. The molecule has 0 spiro atoms. The molecule has 0 unspecified atom stereocenters. The van der Waals surface area contributed by atoms with E-state index in [1.54, 1.807) is 6.07 Å². The van der Waals surface area contributed by atoms with Crippen molar-refractivity contribution in [2.45, 2.75) is 6.92 Å². The first kappa shape index (κ1) is 10.8. The van der Waals surface area contributed by atoms with Gasteiger partial charge in [-0.1, -0.05) is 0 Å². The van der Waals surface area contributed by atoms with Crippen LogP contribution in [0.25, 0.3) is 10.9 Å². The number of aryl methyl sites for hydroxylation is 1. The molecule has 0 atom stereocenters. The van der Waals surface area contributed by atoms with Crippen molar-refractivity contribution < 1.29 is 4.92 Å². The zero-order chi connectivity index (χ0) is 12.6. The first-order valence-corrected chi connectivity index (χ1v) is 4.75.